The Morgan fingerprint density at radius 2 is 1.97 bits per heavy atom. The first-order valence-electron chi connectivity index (χ1n) is 12.2. The summed E-state index contributed by atoms with van der Waals surface area (Å²) in [5.74, 6) is 0.411. The number of aryl methyl sites for hydroxylation is 1. The number of hydrogen-bond acceptors (Lipinski definition) is 7. The molecule has 0 N–H and O–H groups in total. The first-order valence-corrected chi connectivity index (χ1v) is 16.3. The molecule has 1 saturated heterocycles. The van der Waals surface area contributed by atoms with Gasteiger partial charge in [-0.1, -0.05) is 31.2 Å². The zero-order valence-electron chi connectivity index (χ0n) is 21.3. The highest BCUT2D eigenvalue weighted by Gasteiger charge is 2.26. The standard InChI is InChI=1S/C24H36ClN5O4Si/c1-17-14-19(30(27-17)21-8-6-7-9-33-21)22-18-15-20(25)26-24(34-11-10-31-2)23(18)29(28-22)16-32-12-13-35(3,4)5/h14-15,21H,6-13,16H2,1-5H3. The minimum atomic E-state index is -1.21. The maximum atomic E-state index is 6.44. The van der Waals surface area contributed by atoms with Crippen molar-refractivity contribution in [1.29, 1.82) is 0 Å². The number of fused-ring (bicyclic) bond motifs is 1. The van der Waals surface area contributed by atoms with Crippen LogP contribution in [0.2, 0.25) is 30.8 Å². The summed E-state index contributed by atoms with van der Waals surface area (Å²) in [6.07, 6.45) is 2.98. The molecule has 0 aromatic carbocycles. The Labute approximate surface area is 212 Å². The van der Waals surface area contributed by atoms with Gasteiger partial charge in [0.15, 0.2) is 6.23 Å². The van der Waals surface area contributed by atoms with E-state index in [1.807, 2.05) is 28.4 Å². The number of pyridine rings is 1. The summed E-state index contributed by atoms with van der Waals surface area (Å²) < 4.78 is 27.0. The molecule has 3 aromatic heterocycles. The monoisotopic (exact) mass is 521 g/mol. The van der Waals surface area contributed by atoms with E-state index in [0.717, 1.165) is 59.9 Å². The zero-order valence-corrected chi connectivity index (χ0v) is 23.1. The van der Waals surface area contributed by atoms with Gasteiger partial charge in [0.25, 0.3) is 0 Å². The summed E-state index contributed by atoms with van der Waals surface area (Å²) in [6.45, 7) is 11.5. The van der Waals surface area contributed by atoms with E-state index in [4.69, 9.17) is 40.7 Å². The van der Waals surface area contributed by atoms with Crippen LogP contribution in [0.1, 0.15) is 31.2 Å². The lowest BCUT2D eigenvalue weighted by Crippen LogP contribution is -2.22. The Bertz CT molecular complexity index is 1140. The fraction of sp³-hybridized carbons (Fsp3) is 0.625. The Balaban J connectivity index is 1.76. The normalized spacial score (nSPS) is 16.8. The van der Waals surface area contributed by atoms with E-state index in [0.29, 0.717) is 30.9 Å². The van der Waals surface area contributed by atoms with Crippen LogP contribution < -0.4 is 4.74 Å². The van der Waals surface area contributed by atoms with Gasteiger partial charge in [-0.2, -0.15) is 15.2 Å². The molecule has 0 radical (unpaired) electrons. The number of rotatable bonds is 11. The van der Waals surface area contributed by atoms with E-state index in [1.165, 1.54) is 0 Å². The van der Waals surface area contributed by atoms with Crippen molar-refractivity contribution in [3.05, 3.63) is 23.0 Å². The summed E-state index contributed by atoms with van der Waals surface area (Å²) in [5.41, 5.74) is 3.28. The Morgan fingerprint density at radius 3 is 2.69 bits per heavy atom. The molecule has 11 heteroatoms. The number of aromatic nitrogens is 5. The van der Waals surface area contributed by atoms with Gasteiger partial charge >= 0.3 is 0 Å². The van der Waals surface area contributed by atoms with E-state index in [1.54, 1.807) is 7.11 Å². The minimum absolute atomic E-state index is 0.115. The van der Waals surface area contributed by atoms with Crippen molar-refractivity contribution in [2.24, 2.45) is 0 Å². The van der Waals surface area contributed by atoms with E-state index < -0.39 is 8.07 Å². The maximum Gasteiger partial charge on any atom is 0.241 e. The molecule has 0 bridgehead atoms. The second kappa shape index (κ2) is 11.4. The molecule has 1 aliphatic heterocycles. The molecule has 0 aliphatic carbocycles. The largest absolute Gasteiger partial charge is 0.474 e. The van der Waals surface area contributed by atoms with Gasteiger partial charge in [0, 0.05) is 33.8 Å². The van der Waals surface area contributed by atoms with Crippen molar-refractivity contribution in [3.63, 3.8) is 0 Å². The van der Waals surface area contributed by atoms with E-state index in [-0.39, 0.29) is 13.0 Å². The highest BCUT2D eigenvalue weighted by Crippen LogP contribution is 2.37. The molecule has 3 aromatic rings. The fourth-order valence-electron chi connectivity index (χ4n) is 4.10. The summed E-state index contributed by atoms with van der Waals surface area (Å²) in [4.78, 5) is 4.46. The number of nitrogens with zero attached hydrogens (tertiary/aromatic N) is 5. The highest BCUT2D eigenvalue weighted by atomic mass is 35.5. The van der Waals surface area contributed by atoms with Crippen LogP contribution in [0.25, 0.3) is 22.3 Å². The predicted octanol–water partition coefficient (Wildman–Crippen LogP) is 5.29. The lowest BCUT2D eigenvalue weighted by molar-refractivity contribution is -0.0385. The minimum Gasteiger partial charge on any atom is -0.474 e. The third kappa shape index (κ3) is 6.42. The molecule has 4 heterocycles. The smallest absolute Gasteiger partial charge is 0.241 e. The van der Waals surface area contributed by atoms with Crippen LogP contribution in [0, 0.1) is 6.92 Å². The highest BCUT2D eigenvalue weighted by molar-refractivity contribution is 6.76. The van der Waals surface area contributed by atoms with Crippen LogP contribution >= 0.6 is 11.6 Å². The van der Waals surface area contributed by atoms with Gasteiger partial charge in [0.05, 0.1) is 18.0 Å². The second-order valence-electron chi connectivity index (χ2n) is 10.1. The van der Waals surface area contributed by atoms with Crippen molar-refractivity contribution in [2.45, 2.75) is 64.8 Å². The summed E-state index contributed by atoms with van der Waals surface area (Å²) in [6, 6.07) is 4.94. The molecule has 0 spiro atoms. The van der Waals surface area contributed by atoms with Gasteiger partial charge in [-0.15, -0.1) is 0 Å². The van der Waals surface area contributed by atoms with Crippen LogP contribution in [-0.2, 0) is 20.9 Å². The van der Waals surface area contributed by atoms with Crippen LogP contribution in [0.4, 0.5) is 0 Å². The molecule has 35 heavy (non-hydrogen) atoms. The van der Waals surface area contributed by atoms with Gasteiger partial charge < -0.3 is 18.9 Å². The lowest BCUT2D eigenvalue weighted by Gasteiger charge is -2.24. The number of halogens is 1. The van der Waals surface area contributed by atoms with E-state index in [9.17, 15) is 0 Å². The van der Waals surface area contributed by atoms with Gasteiger partial charge in [-0.25, -0.2) is 9.36 Å². The topological polar surface area (TPSA) is 85.5 Å². The van der Waals surface area contributed by atoms with E-state index >= 15 is 0 Å². The average molecular weight is 522 g/mol. The van der Waals surface area contributed by atoms with Crippen molar-refractivity contribution >= 4 is 30.6 Å². The second-order valence-corrected chi connectivity index (χ2v) is 16.1. The SMILES string of the molecule is COCCOc1nc(Cl)cc2c(-c3cc(C)nn3C3CCCCO3)nn(COCC[Si](C)(C)C)c12. The Morgan fingerprint density at radius 1 is 1.14 bits per heavy atom. The van der Waals surface area contributed by atoms with Gasteiger partial charge in [0.2, 0.25) is 5.88 Å². The van der Waals surface area contributed by atoms with Crippen LogP contribution in [-0.4, -0.2) is 66.2 Å². The summed E-state index contributed by atoms with van der Waals surface area (Å²) >= 11 is 6.44. The molecule has 0 amide bonds. The number of ether oxygens (including phenoxy) is 4. The van der Waals surface area contributed by atoms with Crippen LogP contribution in [0.15, 0.2) is 12.1 Å². The number of methoxy groups -OCH3 is 1. The molecule has 9 nitrogen and oxygen atoms in total. The molecular formula is C24H36ClN5O4Si. The first-order chi connectivity index (χ1) is 16.8. The molecule has 0 saturated carbocycles. The van der Waals surface area contributed by atoms with Crippen LogP contribution in [0.3, 0.4) is 0 Å². The van der Waals surface area contributed by atoms with E-state index in [2.05, 4.69) is 24.6 Å². The van der Waals surface area contributed by atoms with Crippen LogP contribution in [0.5, 0.6) is 5.88 Å². The lowest BCUT2D eigenvalue weighted by atomic mass is 10.1. The van der Waals surface area contributed by atoms with Crippen molar-refractivity contribution in [1.82, 2.24) is 24.5 Å². The zero-order chi connectivity index (χ0) is 25.0. The van der Waals surface area contributed by atoms with Gasteiger partial charge in [-0.05, 0) is 44.4 Å². The Hall–Kier alpha value is -1.98. The van der Waals surface area contributed by atoms with Crippen molar-refractivity contribution in [3.8, 4) is 17.3 Å². The number of hydrogen-bond donors (Lipinski definition) is 0. The quantitative estimate of drug-likeness (QED) is 0.192. The molecule has 1 unspecified atom stereocenters. The Kier molecular flexibility index (Phi) is 8.49. The molecule has 4 rings (SSSR count). The molecule has 1 atom stereocenters. The van der Waals surface area contributed by atoms with Gasteiger partial charge in [0.1, 0.15) is 29.7 Å². The molecule has 1 aliphatic rings. The van der Waals surface area contributed by atoms with Gasteiger partial charge in [-0.3, -0.25) is 0 Å². The fourth-order valence-corrected chi connectivity index (χ4v) is 5.05. The molecular weight excluding hydrogens is 486 g/mol. The third-order valence-electron chi connectivity index (χ3n) is 5.93. The maximum absolute atomic E-state index is 6.44. The predicted molar refractivity (Wildman–Crippen MR) is 139 cm³/mol. The summed E-state index contributed by atoms with van der Waals surface area (Å²) in [5, 5.41) is 10.9. The first kappa shape index (κ1) is 26.1. The average Bonchev–Trinajstić information content (AvgIpc) is 3.37. The summed E-state index contributed by atoms with van der Waals surface area (Å²) in [7, 11) is 0.426. The van der Waals surface area contributed by atoms with Crippen molar-refractivity contribution in [2.75, 3.05) is 33.5 Å². The third-order valence-corrected chi connectivity index (χ3v) is 7.83. The molecule has 1 fully saturated rings. The molecule has 192 valence electrons. The van der Waals surface area contributed by atoms with Crippen molar-refractivity contribution < 1.29 is 18.9 Å².